The van der Waals surface area contributed by atoms with Crippen LogP contribution in [0, 0.1) is 0 Å². The zero-order chi connectivity index (χ0) is 12.5. The third-order valence-corrected chi connectivity index (χ3v) is 3.73. The average molecular weight is 243 g/mol. The molecule has 2 heterocycles. The summed E-state index contributed by atoms with van der Waals surface area (Å²) in [5, 5.41) is 4.72. The van der Waals surface area contributed by atoms with Crippen molar-refractivity contribution in [1.82, 2.24) is 10.3 Å². The Hall–Kier alpha value is -1.48. The Bertz CT molecular complexity index is 536. The van der Waals surface area contributed by atoms with Crippen molar-refractivity contribution in [1.29, 1.82) is 0 Å². The number of piperazine rings is 1. The van der Waals surface area contributed by atoms with Gasteiger partial charge in [0.1, 0.15) is 0 Å². The van der Waals surface area contributed by atoms with Crippen molar-refractivity contribution in [3.63, 3.8) is 0 Å². The monoisotopic (exact) mass is 243 g/mol. The van der Waals surface area contributed by atoms with Crippen LogP contribution >= 0.6 is 0 Å². The van der Waals surface area contributed by atoms with Gasteiger partial charge in [0.2, 0.25) is 0 Å². The predicted molar refractivity (Wildman–Crippen MR) is 77.5 cm³/mol. The van der Waals surface area contributed by atoms with Gasteiger partial charge in [-0.3, -0.25) is 0 Å². The summed E-state index contributed by atoms with van der Waals surface area (Å²) < 4.78 is 0. The maximum Gasteiger partial charge on any atom is 0.0457 e. The lowest BCUT2D eigenvalue weighted by atomic mass is 10.1. The number of nitrogens with zero attached hydrogens (tertiary/aromatic N) is 1. The molecule has 0 amide bonds. The van der Waals surface area contributed by atoms with Crippen molar-refractivity contribution in [2.24, 2.45) is 0 Å². The van der Waals surface area contributed by atoms with Gasteiger partial charge in [-0.1, -0.05) is 13.8 Å². The molecule has 3 heteroatoms. The largest absolute Gasteiger partial charge is 0.369 e. The number of fused-ring (bicyclic) bond motifs is 1. The summed E-state index contributed by atoms with van der Waals surface area (Å²) >= 11 is 0. The van der Waals surface area contributed by atoms with Crippen LogP contribution in [0.3, 0.4) is 0 Å². The molecule has 0 radical (unpaired) electrons. The quantitative estimate of drug-likeness (QED) is 0.849. The number of anilines is 1. The molecular weight excluding hydrogens is 222 g/mol. The lowest BCUT2D eigenvalue weighted by Crippen LogP contribution is -2.43. The lowest BCUT2D eigenvalue weighted by Gasteiger charge is -2.29. The molecule has 0 aliphatic carbocycles. The van der Waals surface area contributed by atoms with Gasteiger partial charge in [-0.25, -0.2) is 0 Å². The second kappa shape index (κ2) is 4.65. The van der Waals surface area contributed by atoms with Crippen LogP contribution in [0.4, 0.5) is 5.69 Å². The molecule has 0 saturated carbocycles. The lowest BCUT2D eigenvalue weighted by molar-refractivity contribution is 0.589. The SMILES string of the molecule is CC(C)c1cc2cc(N3CCNCC3)ccc2[nH]1. The molecule has 2 aromatic rings. The van der Waals surface area contributed by atoms with Crippen LogP contribution in [0.2, 0.25) is 0 Å². The number of nitrogens with one attached hydrogen (secondary N) is 2. The van der Waals surface area contributed by atoms with Crippen LogP contribution in [-0.4, -0.2) is 31.2 Å². The first-order valence-electron chi connectivity index (χ1n) is 6.82. The number of H-pyrrole nitrogens is 1. The topological polar surface area (TPSA) is 31.1 Å². The molecule has 0 atom stereocenters. The number of hydrogen-bond donors (Lipinski definition) is 2. The minimum absolute atomic E-state index is 0.556. The Balaban J connectivity index is 1.94. The normalized spacial score (nSPS) is 16.7. The van der Waals surface area contributed by atoms with Crippen molar-refractivity contribution in [2.45, 2.75) is 19.8 Å². The molecule has 0 spiro atoms. The van der Waals surface area contributed by atoms with Gasteiger partial charge >= 0.3 is 0 Å². The second-order valence-electron chi connectivity index (χ2n) is 5.39. The molecule has 1 aromatic heterocycles. The van der Waals surface area contributed by atoms with Crippen LogP contribution in [0.25, 0.3) is 10.9 Å². The summed E-state index contributed by atoms with van der Waals surface area (Å²) in [6.45, 7) is 8.83. The van der Waals surface area contributed by atoms with Gasteiger partial charge in [-0.05, 0) is 30.2 Å². The standard InChI is InChI=1S/C15H21N3/c1-11(2)15-10-12-9-13(3-4-14(12)17-15)18-7-5-16-6-8-18/h3-4,9-11,16-17H,5-8H2,1-2H3. The van der Waals surface area contributed by atoms with E-state index in [0.29, 0.717) is 5.92 Å². The Morgan fingerprint density at radius 1 is 1.11 bits per heavy atom. The van der Waals surface area contributed by atoms with Gasteiger partial charge in [0.25, 0.3) is 0 Å². The van der Waals surface area contributed by atoms with Gasteiger partial charge in [0, 0.05) is 48.5 Å². The number of aromatic amines is 1. The summed E-state index contributed by atoms with van der Waals surface area (Å²) in [5.41, 5.74) is 3.92. The molecule has 1 aromatic carbocycles. The van der Waals surface area contributed by atoms with Crippen LogP contribution in [0.15, 0.2) is 24.3 Å². The van der Waals surface area contributed by atoms with E-state index in [2.05, 4.69) is 53.3 Å². The third-order valence-electron chi connectivity index (χ3n) is 3.73. The van der Waals surface area contributed by atoms with Gasteiger partial charge < -0.3 is 15.2 Å². The van der Waals surface area contributed by atoms with E-state index in [1.807, 2.05) is 0 Å². The van der Waals surface area contributed by atoms with Crippen LogP contribution in [0.1, 0.15) is 25.5 Å². The Labute approximate surface area is 108 Å². The number of aromatic nitrogens is 1. The fraction of sp³-hybridized carbons (Fsp3) is 0.467. The molecule has 1 saturated heterocycles. The first-order chi connectivity index (χ1) is 8.74. The zero-order valence-electron chi connectivity index (χ0n) is 11.2. The average Bonchev–Trinajstić information content (AvgIpc) is 2.82. The van der Waals surface area contributed by atoms with Crippen molar-refractivity contribution >= 4 is 16.6 Å². The smallest absolute Gasteiger partial charge is 0.0457 e. The van der Waals surface area contributed by atoms with E-state index in [9.17, 15) is 0 Å². The van der Waals surface area contributed by atoms with Crippen LogP contribution in [0.5, 0.6) is 0 Å². The Kier molecular flexibility index (Phi) is 3.00. The minimum atomic E-state index is 0.556. The molecule has 1 aliphatic rings. The van der Waals surface area contributed by atoms with E-state index in [-0.39, 0.29) is 0 Å². The van der Waals surface area contributed by atoms with Crippen LogP contribution < -0.4 is 10.2 Å². The highest BCUT2D eigenvalue weighted by molar-refractivity contribution is 5.84. The van der Waals surface area contributed by atoms with E-state index in [1.54, 1.807) is 0 Å². The number of rotatable bonds is 2. The van der Waals surface area contributed by atoms with E-state index in [1.165, 1.54) is 22.3 Å². The zero-order valence-corrected chi connectivity index (χ0v) is 11.2. The van der Waals surface area contributed by atoms with Crippen molar-refractivity contribution < 1.29 is 0 Å². The van der Waals surface area contributed by atoms with E-state index in [0.717, 1.165) is 26.2 Å². The first kappa shape index (κ1) is 11.6. The molecule has 18 heavy (non-hydrogen) atoms. The molecule has 1 fully saturated rings. The molecular formula is C15H21N3. The fourth-order valence-corrected chi connectivity index (χ4v) is 2.57. The Morgan fingerprint density at radius 3 is 2.61 bits per heavy atom. The number of benzene rings is 1. The minimum Gasteiger partial charge on any atom is -0.369 e. The first-order valence-corrected chi connectivity index (χ1v) is 6.82. The summed E-state index contributed by atoms with van der Waals surface area (Å²) in [4.78, 5) is 5.95. The van der Waals surface area contributed by atoms with Gasteiger partial charge in [-0.15, -0.1) is 0 Å². The van der Waals surface area contributed by atoms with Gasteiger partial charge in [0.15, 0.2) is 0 Å². The molecule has 2 N–H and O–H groups in total. The highest BCUT2D eigenvalue weighted by Crippen LogP contribution is 2.25. The molecule has 96 valence electrons. The van der Waals surface area contributed by atoms with Crippen molar-refractivity contribution in [3.05, 3.63) is 30.0 Å². The van der Waals surface area contributed by atoms with Gasteiger partial charge in [0.05, 0.1) is 0 Å². The van der Waals surface area contributed by atoms with E-state index >= 15 is 0 Å². The predicted octanol–water partition coefficient (Wildman–Crippen LogP) is 2.70. The molecule has 3 nitrogen and oxygen atoms in total. The van der Waals surface area contributed by atoms with Crippen molar-refractivity contribution in [3.8, 4) is 0 Å². The van der Waals surface area contributed by atoms with E-state index in [4.69, 9.17) is 0 Å². The van der Waals surface area contributed by atoms with Gasteiger partial charge in [-0.2, -0.15) is 0 Å². The van der Waals surface area contributed by atoms with Crippen molar-refractivity contribution in [2.75, 3.05) is 31.1 Å². The molecule has 1 aliphatic heterocycles. The van der Waals surface area contributed by atoms with E-state index < -0.39 is 0 Å². The third kappa shape index (κ3) is 2.10. The number of hydrogen-bond acceptors (Lipinski definition) is 2. The van der Waals surface area contributed by atoms with Crippen LogP contribution in [-0.2, 0) is 0 Å². The summed E-state index contributed by atoms with van der Waals surface area (Å²) in [6.07, 6.45) is 0. The summed E-state index contributed by atoms with van der Waals surface area (Å²) in [5.74, 6) is 0.556. The maximum absolute atomic E-state index is 3.49. The highest BCUT2D eigenvalue weighted by atomic mass is 15.2. The molecule has 0 bridgehead atoms. The summed E-state index contributed by atoms with van der Waals surface area (Å²) in [7, 11) is 0. The second-order valence-corrected chi connectivity index (χ2v) is 5.39. The molecule has 3 rings (SSSR count). The fourth-order valence-electron chi connectivity index (χ4n) is 2.57. The summed E-state index contributed by atoms with van der Waals surface area (Å²) in [6, 6.07) is 9.03. The molecule has 0 unspecified atom stereocenters. The maximum atomic E-state index is 3.49. The Morgan fingerprint density at radius 2 is 1.89 bits per heavy atom. The highest BCUT2D eigenvalue weighted by Gasteiger charge is 2.11.